The summed E-state index contributed by atoms with van der Waals surface area (Å²) in [5.74, 6) is 0. The zero-order chi connectivity index (χ0) is 24.0. The van der Waals surface area contributed by atoms with E-state index in [9.17, 15) is 0 Å². The second-order valence-corrected chi connectivity index (χ2v) is 13.7. The molecule has 0 bridgehead atoms. The predicted molar refractivity (Wildman–Crippen MR) is 166 cm³/mol. The zero-order valence-corrected chi connectivity index (χ0v) is 23.0. The second-order valence-electron chi connectivity index (χ2n) is 9.52. The number of hydrogen-bond donors (Lipinski definition) is 0. The molecule has 0 radical (unpaired) electrons. The average molecular weight is 533 g/mol. The molecule has 0 amide bonds. The molecule has 0 saturated carbocycles. The highest BCUT2D eigenvalue weighted by molar-refractivity contribution is 7.38. The lowest BCUT2D eigenvalue weighted by molar-refractivity contribution is 1.48. The lowest BCUT2D eigenvalue weighted by Gasteiger charge is -1.97. The Balaban J connectivity index is 1.33. The Labute approximate surface area is 224 Å². The minimum Gasteiger partial charge on any atom is -0.135 e. The summed E-state index contributed by atoms with van der Waals surface area (Å²) in [5, 5.41) is 5.60. The van der Waals surface area contributed by atoms with Crippen molar-refractivity contribution >= 4 is 95.1 Å². The molecule has 8 rings (SSSR count). The molecular weight excluding hydrogens is 513 g/mol. The largest absolute Gasteiger partial charge is 0.135 e. The minimum atomic E-state index is 1.30. The summed E-state index contributed by atoms with van der Waals surface area (Å²) in [6.45, 7) is 4.29. The Morgan fingerprint density at radius 2 is 0.806 bits per heavy atom. The molecule has 0 fully saturated rings. The van der Waals surface area contributed by atoms with Crippen LogP contribution < -0.4 is 0 Å². The topological polar surface area (TPSA) is 0 Å². The highest BCUT2D eigenvalue weighted by Crippen LogP contribution is 2.50. The van der Waals surface area contributed by atoms with Crippen LogP contribution in [0.5, 0.6) is 0 Å². The zero-order valence-electron chi connectivity index (χ0n) is 19.7. The van der Waals surface area contributed by atoms with Crippen LogP contribution in [0, 0.1) is 13.8 Å². The van der Waals surface area contributed by atoms with E-state index >= 15 is 0 Å². The molecule has 0 aliphatic rings. The number of thiophene rings is 4. The summed E-state index contributed by atoms with van der Waals surface area (Å²) in [7, 11) is 0. The van der Waals surface area contributed by atoms with Gasteiger partial charge in [0.2, 0.25) is 0 Å². The fourth-order valence-electron chi connectivity index (χ4n) is 5.12. The summed E-state index contributed by atoms with van der Waals surface area (Å²) >= 11 is 7.75. The van der Waals surface area contributed by atoms with Crippen molar-refractivity contribution in [3.63, 3.8) is 0 Å². The second kappa shape index (κ2) is 7.74. The van der Waals surface area contributed by atoms with Crippen LogP contribution in [0.15, 0.2) is 84.9 Å². The Bertz CT molecular complexity index is 1940. The highest BCUT2D eigenvalue weighted by atomic mass is 32.1. The third-order valence-electron chi connectivity index (χ3n) is 7.08. The molecule has 4 heteroatoms. The van der Waals surface area contributed by atoms with Gasteiger partial charge in [-0.2, -0.15) is 0 Å². The molecule has 36 heavy (non-hydrogen) atoms. The maximum absolute atomic E-state index is 2.40. The van der Waals surface area contributed by atoms with E-state index in [2.05, 4.69) is 98.8 Å². The Morgan fingerprint density at radius 3 is 1.22 bits per heavy atom. The summed E-state index contributed by atoms with van der Waals surface area (Å²) in [5.41, 5.74) is 5.22. The first-order valence-corrected chi connectivity index (χ1v) is 15.3. The van der Waals surface area contributed by atoms with Crippen molar-refractivity contribution in [2.24, 2.45) is 0 Å². The molecule has 172 valence electrons. The van der Waals surface area contributed by atoms with Crippen LogP contribution in [0.25, 0.3) is 70.6 Å². The van der Waals surface area contributed by atoms with Gasteiger partial charge in [-0.1, -0.05) is 71.8 Å². The van der Waals surface area contributed by atoms with E-state index < -0.39 is 0 Å². The van der Waals surface area contributed by atoms with Gasteiger partial charge < -0.3 is 0 Å². The van der Waals surface area contributed by atoms with Crippen LogP contribution in [0.2, 0.25) is 0 Å². The standard InChI is InChI=1S/C32H20S4/c1-17-3-7-19(8-4-17)27-15-23-25(33-27)13-11-21-29(23)35-32-22-12-14-26-24(30(22)36-31(21)32)16-28(34-26)20-9-5-18(2)6-10-20/h3-16H,1-2H3. The summed E-state index contributed by atoms with van der Waals surface area (Å²) in [6, 6.07) is 32.0. The van der Waals surface area contributed by atoms with Crippen molar-refractivity contribution in [2.75, 3.05) is 0 Å². The number of rotatable bonds is 2. The smallest absolute Gasteiger partial charge is 0.0542 e. The van der Waals surface area contributed by atoms with Crippen LogP contribution in [-0.2, 0) is 0 Å². The van der Waals surface area contributed by atoms with Gasteiger partial charge in [-0.15, -0.1) is 45.3 Å². The maximum atomic E-state index is 2.40. The predicted octanol–water partition coefficient (Wildman–Crippen LogP) is 11.6. The van der Waals surface area contributed by atoms with Crippen molar-refractivity contribution in [2.45, 2.75) is 13.8 Å². The summed E-state index contributed by atoms with van der Waals surface area (Å²) in [4.78, 5) is 2.70. The van der Waals surface area contributed by atoms with Gasteiger partial charge in [0.1, 0.15) is 0 Å². The lowest BCUT2D eigenvalue weighted by Crippen LogP contribution is -1.73. The fraction of sp³-hybridized carbons (Fsp3) is 0.0625. The number of aryl methyl sites for hydroxylation is 2. The Kier molecular flexibility index (Phi) is 4.54. The molecule has 0 spiro atoms. The first kappa shape index (κ1) is 21.1. The van der Waals surface area contributed by atoms with Crippen molar-refractivity contribution in [3.05, 3.63) is 96.1 Å². The lowest BCUT2D eigenvalue weighted by atomic mass is 10.1. The van der Waals surface area contributed by atoms with E-state index in [1.54, 1.807) is 0 Å². The summed E-state index contributed by atoms with van der Waals surface area (Å²) in [6.07, 6.45) is 0. The van der Waals surface area contributed by atoms with Crippen LogP contribution in [-0.4, -0.2) is 0 Å². The molecule has 4 aromatic carbocycles. The van der Waals surface area contributed by atoms with Crippen molar-refractivity contribution < 1.29 is 0 Å². The monoisotopic (exact) mass is 532 g/mol. The number of hydrogen-bond acceptors (Lipinski definition) is 4. The molecule has 0 unspecified atom stereocenters. The number of benzene rings is 4. The van der Waals surface area contributed by atoms with E-state index in [0.29, 0.717) is 0 Å². The quantitative estimate of drug-likeness (QED) is 0.208. The molecule has 0 saturated heterocycles. The van der Waals surface area contributed by atoms with Gasteiger partial charge in [-0.3, -0.25) is 0 Å². The van der Waals surface area contributed by atoms with Gasteiger partial charge in [0.25, 0.3) is 0 Å². The molecule has 0 atom stereocenters. The van der Waals surface area contributed by atoms with E-state index in [1.807, 2.05) is 45.3 Å². The van der Waals surface area contributed by atoms with Crippen molar-refractivity contribution in [3.8, 4) is 20.9 Å². The van der Waals surface area contributed by atoms with Gasteiger partial charge in [0.15, 0.2) is 0 Å². The fourth-order valence-corrected chi connectivity index (χ4v) is 10.3. The van der Waals surface area contributed by atoms with Gasteiger partial charge in [-0.05, 0) is 49.2 Å². The van der Waals surface area contributed by atoms with Gasteiger partial charge in [0, 0.05) is 50.1 Å². The molecule has 0 N–H and O–H groups in total. The van der Waals surface area contributed by atoms with Gasteiger partial charge >= 0.3 is 0 Å². The SMILES string of the molecule is Cc1ccc(-c2cc3c(ccc4c3sc3c5ccc6sc(-c7ccc(C)cc7)cc6c5sc43)s2)cc1. The van der Waals surface area contributed by atoms with Crippen molar-refractivity contribution in [1.82, 2.24) is 0 Å². The van der Waals surface area contributed by atoms with Gasteiger partial charge in [-0.25, -0.2) is 0 Å². The number of fused-ring (bicyclic) bond motifs is 9. The van der Waals surface area contributed by atoms with E-state index in [1.165, 1.54) is 81.8 Å². The van der Waals surface area contributed by atoms with E-state index in [4.69, 9.17) is 0 Å². The maximum Gasteiger partial charge on any atom is 0.0542 e. The molecule has 0 aliphatic heterocycles. The molecule has 4 heterocycles. The van der Waals surface area contributed by atoms with Crippen molar-refractivity contribution in [1.29, 1.82) is 0 Å². The summed E-state index contributed by atoms with van der Waals surface area (Å²) < 4.78 is 8.47. The van der Waals surface area contributed by atoms with Crippen LogP contribution in [0.4, 0.5) is 0 Å². The minimum absolute atomic E-state index is 1.30. The van der Waals surface area contributed by atoms with Crippen LogP contribution >= 0.6 is 45.3 Å². The molecular formula is C32H20S4. The molecule has 0 nitrogen and oxygen atoms in total. The van der Waals surface area contributed by atoms with Crippen LogP contribution in [0.3, 0.4) is 0 Å². The van der Waals surface area contributed by atoms with E-state index in [0.717, 1.165) is 0 Å². The van der Waals surface area contributed by atoms with Crippen LogP contribution in [0.1, 0.15) is 11.1 Å². The van der Waals surface area contributed by atoms with Gasteiger partial charge in [0.05, 0.1) is 9.40 Å². The first-order valence-electron chi connectivity index (χ1n) is 12.0. The third kappa shape index (κ3) is 3.09. The first-order chi connectivity index (χ1) is 17.6. The molecule has 0 aliphatic carbocycles. The Hall–Kier alpha value is -3.02. The third-order valence-corrected chi connectivity index (χ3v) is 12.1. The average Bonchev–Trinajstić information content (AvgIpc) is 3.65. The normalized spacial score (nSPS) is 12.2. The Morgan fingerprint density at radius 1 is 0.389 bits per heavy atom. The molecule has 4 aromatic heterocycles. The van der Waals surface area contributed by atoms with E-state index in [-0.39, 0.29) is 0 Å². The highest BCUT2D eigenvalue weighted by Gasteiger charge is 2.18. The molecule has 8 aromatic rings.